The average Bonchev–Trinajstić information content (AvgIpc) is 3.54. The van der Waals surface area contributed by atoms with Crippen molar-refractivity contribution in [2.45, 2.75) is 195 Å². The fourth-order valence-corrected chi connectivity index (χ4v) is 10.4. The summed E-state index contributed by atoms with van der Waals surface area (Å²) in [6, 6.07) is 5.77. The number of fused-ring (bicyclic) bond motifs is 2. The summed E-state index contributed by atoms with van der Waals surface area (Å²) >= 11 is 0. The molecule has 2 bridgehead atoms. The molecule has 3 aliphatic heterocycles. The zero-order valence-electron chi connectivity index (χ0n) is 48.1. The Morgan fingerprint density at radius 2 is 1.33 bits per heavy atom. The van der Waals surface area contributed by atoms with Gasteiger partial charge in [0.05, 0.1) is 85.5 Å². The van der Waals surface area contributed by atoms with E-state index in [2.05, 4.69) is 17.2 Å². The zero-order chi connectivity index (χ0) is 61.2. The Balaban J connectivity index is 1.57. The molecule has 3 heterocycles. The van der Waals surface area contributed by atoms with Crippen LogP contribution in [0.5, 0.6) is 0 Å². The quantitative estimate of drug-likeness (QED) is 0.0767. The lowest BCUT2D eigenvalue weighted by Gasteiger charge is -2.46. The Morgan fingerprint density at radius 3 is 1.93 bits per heavy atom. The Bertz CT molecular complexity index is 2390. The Hall–Kier alpha value is -5.34. The van der Waals surface area contributed by atoms with Gasteiger partial charge in [0.1, 0.15) is 18.0 Å². The number of carbonyl (C=O) groups excluding carboxylic acids is 4. The van der Waals surface area contributed by atoms with Crippen molar-refractivity contribution in [3.8, 4) is 0 Å². The van der Waals surface area contributed by atoms with Gasteiger partial charge >= 0.3 is 5.97 Å². The van der Waals surface area contributed by atoms with Crippen molar-refractivity contribution in [1.82, 2.24) is 5.32 Å². The maximum absolute atomic E-state index is 13.6. The lowest BCUT2D eigenvalue weighted by Crippen LogP contribution is -2.62. The minimum Gasteiger partial charge on any atom is -0.461 e. The number of nitrogens with one attached hydrogen (secondary N) is 2. The van der Waals surface area contributed by atoms with E-state index in [4.69, 9.17) is 24.7 Å². The predicted molar refractivity (Wildman–Crippen MR) is 311 cm³/mol. The summed E-state index contributed by atoms with van der Waals surface area (Å²) in [6.07, 6.45) is 4.55. The molecule has 0 saturated carbocycles. The molecule has 462 valence electrons. The van der Waals surface area contributed by atoms with Gasteiger partial charge in [-0.2, -0.15) is 0 Å². The van der Waals surface area contributed by atoms with Crippen molar-refractivity contribution in [3.05, 3.63) is 128 Å². The zero-order valence-corrected chi connectivity index (χ0v) is 48.1. The van der Waals surface area contributed by atoms with E-state index < -0.39 is 160 Å². The van der Waals surface area contributed by atoms with Crippen LogP contribution < -0.4 is 16.4 Å². The molecule has 0 aromatic heterocycles. The SMILES string of the molecule is C=CCNC(=O)C1C(O)CC2(O)CC(O)CC(O)CC(O)CC(O)CC(=O)CC(O)CC(=O)OC(C(C)CCC(O)CC(=O)c3ccc(NC)cc3)C(C)C=CC=CC=CC=CC=CC=CC=CC(O[C@@H]3O[C@H](C)[C@@H](O)[C@H](N)[C@@H]3O)CC1O2. The minimum absolute atomic E-state index is 0.0338. The number of cyclic esters (lactones) is 1. The molecule has 3 aliphatic rings. The van der Waals surface area contributed by atoms with Crippen molar-refractivity contribution in [2.24, 2.45) is 23.5 Å². The molecule has 1 amide bonds. The first-order valence-electron chi connectivity index (χ1n) is 28.6. The molecule has 0 aliphatic carbocycles. The number of hydrogen-bond acceptors (Lipinski definition) is 20. The summed E-state index contributed by atoms with van der Waals surface area (Å²) in [5, 5.41) is 116. The molecule has 1 aromatic rings. The van der Waals surface area contributed by atoms with Crippen LogP contribution in [0.2, 0.25) is 0 Å². The molecular formula is C62H91N3O18. The normalized spacial score (nSPS) is 34.3. The highest BCUT2D eigenvalue weighted by Crippen LogP contribution is 2.38. The number of hydrogen-bond donors (Lipinski definition) is 13. The third-order valence-corrected chi connectivity index (χ3v) is 14.8. The third kappa shape index (κ3) is 24.7. The molecular weight excluding hydrogens is 1070 g/mol. The summed E-state index contributed by atoms with van der Waals surface area (Å²) in [4.78, 5) is 52.9. The van der Waals surface area contributed by atoms with Crippen LogP contribution in [0.15, 0.2) is 122 Å². The predicted octanol–water partition coefficient (Wildman–Crippen LogP) is 2.96. The second kappa shape index (κ2) is 35.8. The lowest BCUT2D eigenvalue weighted by atomic mass is 9.82. The first kappa shape index (κ1) is 70.1. The summed E-state index contributed by atoms with van der Waals surface area (Å²) in [5.74, 6) is -6.54. The van der Waals surface area contributed by atoms with Gasteiger partial charge in [-0.15, -0.1) is 6.58 Å². The Kier molecular flexibility index (Phi) is 30.3. The summed E-state index contributed by atoms with van der Waals surface area (Å²) in [6.45, 7) is 8.91. The maximum Gasteiger partial charge on any atom is 0.308 e. The number of rotatable bonds is 13. The van der Waals surface area contributed by atoms with E-state index in [1.165, 1.54) is 6.08 Å². The molecule has 14 N–H and O–H groups in total. The highest BCUT2D eigenvalue weighted by Gasteiger charge is 2.51. The van der Waals surface area contributed by atoms with Crippen molar-refractivity contribution in [1.29, 1.82) is 0 Å². The fourth-order valence-electron chi connectivity index (χ4n) is 10.4. The summed E-state index contributed by atoms with van der Waals surface area (Å²) in [7, 11) is 1.77. The number of nitrogens with two attached hydrogens (primary N) is 1. The van der Waals surface area contributed by atoms with E-state index >= 15 is 0 Å². The molecule has 19 atom stereocenters. The maximum atomic E-state index is 13.6. The van der Waals surface area contributed by atoms with Crippen LogP contribution in [-0.4, -0.2) is 186 Å². The van der Waals surface area contributed by atoms with Crippen LogP contribution in [0.3, 0.4) is 0 Å². The van der Waals surface area contributed by atoms with Crippen LogP contribution in [0.1, 0.15) is 108 Å². The second-order valence-corrected chi connectivity index (χ2v) is 22.1. The van der Waals surface area contributed by atoms with E-state index in [9.17, 15) is 70.2 Å². The number of aliphatic hydroxyl groups is 10. The molecule has 2 saturated heterocycles. The fraction of sp³-hybridized carbons (Fsp3) is 0.581. The smallest absolute Gasteiger partial charge is 0.308 e. The summed E-state index contributed by atoms with van der Waals surface area (Å²) in [5.41, 5.74) is 7.42. The number of carbonyl (C=O) groups is 4. The van der Waals surface area contributed by atoms with E-state index in [1.54, 1.807) is 117 Å². The number of aliphatic hydroxyl groups excluding tert-OH is 9. The molecule has 0 radical (unpaired) electrons. The first-order valence-corrected chi connectivity index (χ1v) is 28.6. The number of esters is 1. The van der Waals surface area contributed by atoms with E-state index in [0.717, 1.165) is 5.69 Å². The van der Waals surface area contributed by atoms with Crippen LogP contribution in [0, 0.1) is 17.8 Å². The minimum atomic E-state index is -2.28. The van der Waals surface area contributed by atoms with Gasteiger partial charge < -0.3 is 86.4 Å². The standard InChI is InChI=1S/C62H91N3O18/c1-6-27-65-60(78)55-52(74)37-62(79)36-49(72)32-47(70)30-45(68)28-44(67)29-46(69)31-48(71)34-54(75)82-59(39(3)21-26-43(66)33-51(73)41-22-24-42(64-5)25-23-41)38(2)19-17-15-13-11-9-7-8-10-12-14-16-18-20-50(35-53(55)83-62)81-61-58(77)56(63)57(76)40(4)80-61/h6-20,22-25,38-40,43-45,47-50,52-53,55-59,61,64,66-68,70-72,74,76-77,79H,1,21,26-37,63H2,2-5H3,(H,65,78)/t38?,39?,40-,43?,44?,45?,47?,48?,49?,50?,52?,53?,55?,56+,57-,58+,59?,61+,62?/m1/s1. The average molecular weight is 1170 g/mol. The molecule has 14 unspecified atom stereocenters. The van der Waals surface area contributed by atoms with Gasteiger partial charge in [0.25, 0.3) is 0 Å². The topological polar surface area (TPSA) is 358 Å². The third-order valence-electron chi connectivity index (χ3n) is 14.8. The molecule has 1 aromatic carbocycles. The Morgan fingerprint density at radius 1 is 0.759 bits per heavy atom. The highest BCUT2D eigenvalue weighted by atomic mass is 16.7. The van der Waals surface area contributed by atoms with Crippen molar-refractivity contribution >= 4 is 29.1 Å². The van der Waals surface area contributed by atoms with Crippen molar-refractivity contribution < 1.29 is 89.2 Å². The number of ether oxygens (including phenoxy) is 4. The van der Waals surface area contributed by atoms with Crippen molar-refractivity contribution in [2.75, 3.05) is 18.9 Å². The largest absolute Gasteiger partial charge is 0.461 e. The molecule has 21 nitrogen and oxygen atoms in total. The van der Waals surface area contributed by atoms with Gasteiger partial charge in [0.2, 0.25) is 5.91 Å². The van der Waals surface area contributed by atoms with Crippen LogP contribution in [0.4, 0.5) is 5.69 Å². The van der Waals surface area contributed by atoms with E-state index in [0.29, 0.717) is 12.0 Å². The van der Waals surface area contributed by atoms with Gasteiger partial charge in [0.15, 0.2) is 17.9 Å². The van der Waals surface area contributed by atoms with E-state index in [1.807, 2.05) is 19.9 Å². The first-order chi connectivity index (χ1) is 39.4. The highest BCUT2D eigenvalue weighted by molar-refractivity contribution is 5.96. The van der Waals surface area contributed by atoms with Gasteiger partial charge in [0, 0.05) is 69.3 Å². The van der Waals surface area contributed by atoms with Gasteiger partial charge in [-0.3, -0.25) is 19.2 Å². The molecule has 4 rings (SSSR count). The molecule has 2 fully saturated rings. The molecule has 83 heavy (non-hydrogen) atoms. The van der Waals surface area contributed by atoms with Crippen LogP contribution in [0.25, 0.3) is 0 Å². The van der Waals surface area contributed by atoms with Gasteiger partial charge in [-0.25, -0.2) is 0 Å². The van der Waals surface area contributed by atoms with Crippen LogP contribution >= 0.6 is 0 Å². The number of ketones is 2. The number of anilines is 1. The molecule has 0 spiro atoms. The number of allylic oxidation sites excluding steroid dienone is 12. The Labute approximate surface area is 487 Å². The van der Waals surface area contributed by atoms with E-state index in [-0.39, 0.29) is 56.3 Å². The van der Waals surface area contributed by atoms with Crippen LogP contribution in [-0.2, 0) is 33.3 Å². The number of amides is 1. The monoisotopic (exact) mass is 1170 g/mol. The lowest BCUT2D eigenvalue weighted by molar-refractivity contribution is -0.307. The van der Waals surface area contributed by atoms with Gasteiger partial charge in [-0.1, -0.05) is 105 Å². The second-order valence-electron chi connectivity index (χ2n) is 22.1. The van der Waals surface area contributed by atoms with Crippen molar-refractivity contribution in [3.63, 3.8) is 0 Å². The summed E-state index contributed by atoms with van der Waals surface area (Å²) < 4.78 is 24.1. The van der Waals surface area contributed by atoms with Gasteiger partial charge in [-0.05, 0) is 69.2 Å². The number of benzene rings is 1. The molecule has 21 heteroatoms. The number of Topliss-reactive ketones (excluding diaryl/α,β-unsaturated/α-hetero) is 2.